The molecule has 23 heavy (non-hydrogen) atoms. The number of aliphatic carboxylic acids is 1. The fourth-order valence-corrected chi connectivity index (χ4v) is 3.15. The van der Waals surface area contributed by atoms with E-state index in [0.29, 0.717) is 0 Å². The van der Waals surface area contributed by atoms with Gasteiger partial charge in [0.2, 0.25) is 5.91 Å². The van der Waals surface area contributed by atoms with E-state index in [4.69, 9.17) is 0 Å². The number of carbonyl (C=O) groups excluding carboxylic acids is 1. The minimum Gasteiger partial charge on any atom is -0.480 e. The Kier molecular flexibility index (Phi) is 4.42. The normalized spacial score (nSPS) is 17.3. The van der Waals surface area contributed by atoms with E-state index < -0.39 is 12.0 Å². The van der Waals surface area contributed by atoms with Crippen molar-refractivity contribution in [3.8, 4) is 0 Å². The Bertz CT molecular complexity index is 712. The zero-order valence-electron chi connectivity index (χ0n) is 12.7. The third-order valence-corrected chi connectivity index (χ3v) is 4.35. The van der Waals surface area contributed by atoms with Crippen LogP contribution in [0.15, 0.2) is 54.6 Å². The van der Waals surface area contributed by atoms with Gasteiger partial charge in [0.25, 0.3) is 0 Å². The fourth-order valence-electron chi connectivity index (χ4n) is 3.15. The number of rotatable bonds is 5. The minimum absolute atomic E-state index is 0.196. The molecule has 2 atom stereocenters. The van der Waals surface area contributed by atoms with Crippen LogP contribution in [0, 0.1) is 0 Å². The molecule has 1 aliphatic rings. The SMILES string of the molecule is O=C(O)C(Cc1ccccc1)NC(=O)C1CCc2ccccc21. The molecule has 4 heteroatoms. The number of hydrogen-bond donors (Lipinski definition) is 2. The van der Waals surface area contributed by atoms with Crippen molar-refractivity contribution in [1.29, 1.82) is 0 Å². The Morgan fingerprint density at radius 2 is 1.78 bits per heavy atom. The van der Waals surface area contributed by atoms with E-state index in [0.717, 1.165) is 24.0 Å². The highest BCUT2D eigenvalue weighted by Crippen LogP contribution is 2.32. The van der Waals surface area contributed by atoms with Gasteiger partial charge in [-0.1, -0.05) is 54.6 Å². The van der Waals surface area contributed by atoms with Crippen LogP contribution in [0.1, 0.15) is 29.0 Å². The van der Waals surface area contributed by atoms with Crippen molar-refractivity contribution in [3.05, 3.63) is 71.3 Å². The Labute approximate surface area is 135 Å². The lowest BCUT2D eigenvalue weighted by Crippen LogP contribution is -2.44. The number of amides is 1. The van der Waals surface area contributed by atoms with Crippen LogP contribution in [0.3, 0.4) is 0 Å². The summed E-state index contributed by atoms with van der Waals surface area (Å²) in [5, 5.41) is 12.1. The predicted molar refractivity (Wildman–Crippen MR) is 87.2 cm³/mol. The van der Waals surface area contributed by atoms with Gasteiger partial charge in [0, 0.05) is 6.42 Å². The number of carboxylic acids is 1. The summed E-state index contributed by atoms with van der Waals surface area (Å²) in [7, 11) is 0. The zero-order valence-corrected chi connectivity index (χ0v) is 12.7. The number of hydrogen-bond acceptors (Lipinski definition) is 2. The number of benzene rings is 2. The molecule has 0 aromatic heterocycles. The average Bonchev–Trinajstić information content (AvgIpc) is 2.99. The van der Waals surface area contributed by atoms with Gasteiger partial charge in [-0.15, -0.1) is 0 Å². The van der Waals surface area contributed by atoms with Crippen molar-refractivity contribution < 1.29 is 14.7 Å². The predicted octanol–water partition coefficient (Wildman–Crippen LogP) is 2.53. The van der Waals surface area contributed by atoms with E-state index in [-0.39, 0.29) is 18.2 Å². The van der Waals surface area contributed by atoms with Gasteiger partial charge in [-0.05, 0) is 29.5 Å². The maximum atomic E-state index is 12.5. The second-order valence-corrected chi connectivity index (χ2v) is 5.88. The molecule has 0 spiro atoms. The van der Waals surface area contributed by atoms with Gasteiger partial charge in [-0.2, -0.15) is 0 Å². The lowest BCUT2D eigenvalue weighted by atomic mass is 9.99. The summed E-state index contributed by atoms with van der Waals surface area (Å²) in [6.45, 7) is 0. The quantitative estimate of drug-likeness (QED) is 0.892. The molecule has 2 aromatic carbocycles. The van der Waals surface area contributed by atoms with Gasteiger partial charge in [0.05, 0.1) is 5.92 Å². The summed E-state index contributed by atoms with van der Waals surface area (Å²) in [6.07, 6.45) is 1.89. The molecule has 3 rings (SSSR count). The van der Waals surface area contributed by atoms with Crippen LogP contribution in [0.5, 0.6) is 0 Å². The third-order valence-electron chi connectivity index (χ3n) is 4.35. The lowest BCUT2D eigenvalue weighted by Gasteiger charge is -2.18. The first-order valence-electron chi connectivity index (χ1n) is 7.80. The van der Waals surface area contributed by atoms with E-state index >= 15 is 0 Å². The van der Waals surface area contributed by atoms with E-state index in [9.17, 15) is 14.7 Å². The Morgan fingerprint density at radius 3 is 2.52 bits per heavy atom. The van der Waals surface area contributed by atoms with E-state index in [2.05, 4.69) is 5.32 Å². The molecule has 0 aliphatic heterocycles. The first-order valence-corrected chi connectivity index (χ1v) is 7.80. The summed E-state index contributed by atoms with van der Waals surface area (Å²) in [6, 6.07) is 16.3. The van der Waals surface area contributed by atoms with Gasteiger partial charge in [-0.25, -0.2) is 4.79 Å². The van der Waals surface area contributed by atoms with Crippen LogP contribution in [0.4, 0.5) is 0 Å². The molecule has 4 nitrogen and oxygen atoms in total. The summed E-state index contributed by atoms with van der Waals surface area (Å²) in [5.74, 6) is -1.45. The monoisotopic (exact) mass is 309 g/mol. The number of carbonyl (C=O) groups is 2. The highest BCUT2D eigenvalue weighted by atomic mass is 16.4. The maximum Gasteiger partial charge on any atom is 0.326 e. The summed E-state index contributed by atoms with van der Waals surface area (Å²) < 4.78 is 0. The molecule has 0 radical (unpaired) electrons. The highest BCUT2D eigenvalue weighted by Gasteiger charge is 2.31. The van der Waals surface area contributed by atoms with Crippen molar-refractivity contribution in [2.75, 3.05) is 0 Å². The van der Waals surface area contributed by atoms with Crippen molar-refractivity contribution >= 4 is 11.9 Å². The average molecular weight is 309 g/mol. The van der Waals surface area contributed by atoms with E-state index in [1.165, 1.54) is 5.56 Å². The van der Waals surface area contributed by atoms with Crippen LogP contribution in [0.2, 0.25) is 0 Å². The number of aryl methyl sites for hydroxylation is 1. The van der Waals surface area contributed by atoms with Crippen LogP contribution in [0.25, 0.3) is 0 Å². The van der Waals surface area contributed by atoms with Crippen molar-refractivity contribution in [2.45, 2.75) is 31.2 Å². The number of carboxylic acid groups (broad SMARTS) is 1. The Hall–Kier alpha value is -2.62. The van der Waals surface area contributed by atoms with Crippen LogP contribution in [-0.4, -0.2) is 23.0 Å². The van der Waals surface area contributed by atoms with Gasteiger partial charge < -0.3 is 10.4 Å². The van der Waals surface area contributed by atoms with Crippen molar-refractivity contribution in [3.63, 3.8) is 0 Å². The van der Waals surface area contributed by atoms with Gasteiger partial charge >= 0.3 is 5.97 Å². The molecule has 2 aromatic rings. The molecular formula is C19H19NO3. The van der Waals surface area contributed by atoms with Crippen LogP contribution < -0.4 is 5.32 Å². The molecule has 0 saturated carbocycles. The highest BCUT2D eigenvalue weighted by molar-refractivity contribution is 5.89. The molecule has 0 bridgehead atoms. The standard InChI is InChI=1S/C19H19NO3/c21-18(16-11-10-14-8-4-5-9-15(14)16)20-17(19(22)23)12-13-6-2-1-3-7-13/h1-9,16-17H,10-12H2,(H,20,21)(H,22,23). The van der Waals surface area contributed by atoms with Gasteiger partial charge in [0.15, 0.2) is 0 Å². The van der Waals surface area contributed by atoms with Crippen molar-refractivity contribution in [2.24, 2.45) is 0 Å². The van der Waals surface area contributed by atoms with Crippen molar-refractivity contribution in [1.82, 2.24) is 5.32 Å². The molecule has 0 saturated heterocycles. The first-order chi connectivity index (χ1) is 11.1. The van der Waals surface area contributed by atoms with Gasteiger partial charge in [-0.3, -0.25) is 4.79 Å². The van der Waals surface area contributed by atoms with E-state index in [1.54, 1.807) is 0 Å². The molecule has 2 unspecified atom stereocenters. The second-order valence-electron chi connectivity index (χ2n) is 5.88. The van der Waals surface area contributed by atoms with E-state index in [1.807, 2.05) is 54.6 Å². The number of fused-ring (bicyclic) bond motifs is 1. The topological polar surface area (TPSA) is 66.4 Å². The lowest BCUT2D eigenvalue weighted by molar-refractivity contribution is -0.142. The Balaban J connectivity index is 1.71. The molecule has 118 valence electrons. The molecular weight excluding hydrogens is 290 g/mol. The third kappa shape index (κ3) is 3.42. The summed E-state index contributed by atoms with van der Waals surface area (Å²) >= 11 is 0. The summed E-state index contributed by atoms with van der Waals surface area (Å²) in [5.41, 5.74) is 3.10. The van der Waals surface area contributed by atoms with Crippen LogP contribution >= 0.6 is 0 Å². The van der Waals surface area contributed by atoms with Gasteiger partial charge in [0.1, 0.15) is 6.04 Å². The molecule has 1 amide bonds. The number of nitrogens with one attached hydrogen (secondary N) is 1. The fraction of sp³-hybridized carbons (Fsp3) is 0.263. The molecule has 0 heterocycles. The Morgan fingerprint density at radius 1 is 1.09 bits per heavy atom. The first kappa shape index (κ1) is 15.3. The molecule has 1 aliphatic carbocycles. The smallest absolute Gasteiger partial charge is 0.326 e. The molecule has 2 N–H and O–H groups in total. The largest absolute Gasteiger partial charge is 0.480 e. The van der Waals surface area contributed by atoms with Crippen LogP contribution in [-0.2, 0) is 22.4 Å². The molecule has 0 fully saturated rings. The minimum atomic E-state index is -1.01. The zero-order chi connectivity index (χ0) is 16.2. The summed E-state index contributed by atoms with van der Waals surface area (Å²) in [4.78, 5) is 24.0. The second kappa shape index (κ2) is 6.65. The maximum absolute atomic E-state index is 12.5.